The molecule has 0 saturated carbocycles. The van der Waals surface area contributed by atoms with Gasteiger partial charge in [0.25, 0.3) is 0 Å². The van der Waals surface area contributed by atoms with Gasteiger partial charge in [-0.05, 0) is 37.6 Å². The van der Waals surface area contributed by atoms with Gasteiger partial charge in [-0.3, -0.25) is 9.10 Å². The summed E-state index contributed by atoms with van der Waals surface area (Å²) in [4.78, 5) is 12.1. The van der Waals surface area contributed by atoms with Crippen LogP contribution in [-0.2, 0) is 14.8 Å². The van der Waals surface area contributed by atoms with E-state index < -0.39 is 10.0 Å². The fourth-order valence-electron chi connectivity index (χ4n) is 2.49. The van der Waals surface area contributed by atoms with Gasteiger partial charge in [-0.1, -0.05) is 35.9 Å². The van der Waals surface area contributed by atoms with Gasteiger partial charge in [-0.25, -0.2) is 8.42 Å². The highest BCUT2D eigenvalue weighted by Gasteiger charge is 2.20. The van der Waals surface area contributed by atoms with E-state index >= 15 is 0 Å². The Labute approximate surface area is 154 Å². The Morgan fingerprint density at radius 2 is 1.81 bits per heavy atom. The Balaban J connectivity index is 1.87. The molecule has 0 spiro atoms. The predicted molar refractivity (Wildman–Crippen MR) is 103 cm³/mol. The van der Waals surface area contributed by atoms with Gasteiger partial charge in [0.05, 0.1) is 18.5 Å². The molecular weight excluding hydrogens is 352 g/mol. The van der Waals surface area contributed by atoms with Crippen molar-refractivity contribution in [2.75, 3.05) is 30.3 Å². The standard InChI is InChI=1S/C19H24N2O4S/c1-15-9-10-18(16(2)13-15)25-12-11-20-19(22)14-21(26(3,23)24)17-7-5-4-6-8-17/h4-10,13H,11-12,14H2,1-3H3,(H,20,22). The second kappa shape index (κ2) is 8.71. The van der Waals surface area contributed by atoms with Gasteiger partial charge >= 0.3 is 0 Å². The van der Waals surface area contributed by atoms with E-state index in [1.165, 1.54) is 0 Å². The molecule has 2 aromatic carbocycles. The predicted octanol–water partition coefficient (Wildman–Crippen LogP) is 2.26. The largest absolute Gasteiger partial charge is 0.491 e. The van der Waals surface area contributed by atoms with Crippen LogP contribution < -0.4 is 14.4 Å². The Bertz CT molecular complexity index is 851. The average Bonchev–Trinajstić information content (AvgIpc) is 2.58. The number of ether oxygens (including phenoxy) is 1. The fourth-order valence-corrected chi connectivity index (χ4v) is 3.35. The Morgan fingerprint density at radius 3 is 2.42 bits per heavy atom. The van der Waals surface area contributed by atoms with Crippen molar-refractivity contribution in [3.8, 4) is 5.75 Å². The van der Waals surface area contributed by atoms with Gasteiger partial charge in [0, 0.05) is 0 Å². The number of nitrogens with zero attached hydrogens (tertiary/aromatic N) is 1. The summed E-state index contributed by atoms with van der Waals surface area (Å²) >= 11 is 0. The maximum absolute atomic E-state index is 12.1. The molecule has 26 heavy (non-hydrogen) atoms. The number of aryl methyl sites for hydroxylation is 2. The molecule has 2 rings (SSSR count). The molecule has 1 amide bonds. The van der Waals surface area contributed by atoms with Gasteiger partial charge in [-0.2, -0.15) is 0 Å². The van der Waals surface area contributed by atoms with Crippen molar-refractivity contribution in [2.24, 2.45) is 0 Å². The zero-order valence-corrected chi connectivity index (χ0v) is 16.0. The summed E-state index contributed by atoms with van der Waals surface area (Å²) in [5.41, 5.74) is 2.64. The Hall–Kier alpha value is -2.54. The first kappa shape index (κ1) is 19.8. The summed E-state index contributed by atoms with van der Waals surface area (Å²) < 4.78 is 30.7. The van der Waals surface area contributed by atoms with Crippen LogP contribution in [0.4, 0.5) is 5.69 Å². The molecule has 0 aliphatic rings. The zero-order chi connectivity index (χ0) is 19.2. The number of para-hydroxylation sites is 1. The molecule has 0 heterocycles. The number of hydrogen-bond acceptors (Lipinski definition) is 4. The first-order chi connectivity index (χ1) is 12.3. The van der Waals surface area contributed by atoms with E-state index in [4.69, 9.17) is 4.74 Å². The minimum atomic E-state index is -3.56. The first-order valence-electron chi connectivity index (χ1n) is 8.27. The molecule has 0 unspecified atom stereocenters. The van der Waals surface area contributed by atoms with E-state index in [9.17, 15) is 13.2 Å². The second-order valence-corrected chi connectivity index (χ2v) is 7.98. The lowest BCUT2D eigenvalue weighted by Gasteiger charge is -2.21. The van der Waals surface area contributed by atoms with E-state index in [1.54, 1.807) is 30.3 Å². The normalized spacial score (nSPS) is 11.0. The molecule has 2 aromatic rings. The van der Waals surface area contributed by atoms with Crippen molar-refractivity contribution >= 4 is 21.6 Å². The summed E-state index contributed by atoms with van der Waals surface area (Å²) in [6, 6.07) is 14.4. The lowest BCUT2D eigenvalue weighted by Crippen LogP contribution is -2.41. The molecule has 0 aliphatic heterocycles. The van der Waals surface area contributed by atoms with Crippen LogP contribution in [0.25, 0.3) is 0 Å². The van der Waals surface area contributed by atoms with Crippen molar-refractivity contribution in [3.05, 3.63) is 59.7 Å². The summed E-state index contributed by atoms with van der Waals surface area (Å²) in [7, 11) is -3.56. The van der Waals surface area contributed by atoms with E-state index in [1.807, 2.05) is 32.0 Å². The number of nitrogens with one attached hydrogen (secondary N) is 1. The fraction of sp³-hybridized carbons (Fsp3) is 0.316. The molecule has 6 nitrogen and oxygen atoms in total. The second-order valence-electron chi connectivity index (χ2n) is 6.07. The van der Waals surface area contributed by atoms with Crippen LogP contribution >= 0.6 is 0 Å². The maximum Gasteiger partial charge on any atom is 0.240 e. The summed E-state index contributed by atoms with van der Waals surface area (Å²) in [6.07, 6.45) is 1.08. The minimum absolute atomic E-state index is 0.271. The van der Waals surface area contributed by atoms with Crippen molar-refractivity contribution in [2.45, 2.75) is 13.8 Å². The van der Waals surface area contributed by atoms with Crippen LogP contribution in [0.2, 0.25) is 0 Å². The molecule has 1 N–H and O–H groups in total. The number of amides is 1. The van der Waals surface area contributed by atoms with Crippen LogP contribution in [0.3, 0.4) is 0 Å². The van der Waals surface area contributed by atoms with Crippen LogP contribution in [0.1, 0.15) is 11.1 Å². The van der Waals surface area contributed by atoms with E-state index in [-0.39, 0.29) is 12.5 Å². The van der Waals surface area contributed by atoms with Gasteiger partial charge in [-0.15, -0.1) is 0 Å². The zero-order valence-electron chi connectivity index (χ0n) is 15.2. The SMILES string of the molecule is Cc1ccc(OCCNC(=O)CN(c2ccccc2)S(C)(=O)=O)c(C)c1. The lowest BCUT2D eigenvalue weighted by molar-refractivity contribution is -0.119. The van der Waals surface area contributed by atoms with E-state index in [0.29, 0.717) is 18.8 Å². The van der Waals surface area contributed by atoms with Crippen LogP contribution in [0, 0.1) is 13.8 Å². The summed E-state index contributed by atoms with van der Waals surface area (Å²) in [6.45, 7) is 4.30. The number of anilines is 1. The van der Waals surface area contributed by atoms with Crippen molar-refractivity contribution < 1.29 is 17.9 Å². The molecule has 140 valence electrons. The van der Waals surface area contributed by atoms with Gasteiger partial charge in [0.15, 0.2) is 0 Å². The van der Waals surface area contributed by atoms with Crippen LogP contribution in [0.5, 0.6) is 5.75 Å². The number of carbonyl (C=O) groups is 1. The van der Waals surface area contributed by atoms with E-state index in [2.05, 4.69) is 5.32 Å². The van der Waals surface area contributed by atoms with Gasteiger partial charge < -0.3 is 10.1 Å². The number of benzene rings is 2. The highest BCUT2D eigenvalue weighted by Crippen LogP contribution is 2.18. The molecule has 0 aliphatic carbocycles. The highest BCUT2D eigenvalue weighted by molar-refractivity contribution is 7.92. The Morgan fingerprint density at radius 1 is 1.12 bits per heavy atom. The quantitative estimate of drug-likeness (QED) is 0.717. The summed E-state index contributed by atoms with van der Waals surface area (Å²) in [5.74, 6) is 0.385. The van der Waals surface area contributed by atoms with Crippen molar-refractivity contribution in [1.82, 2.24) is 5.32 Å². The highest BCUT2D eigenvalue weighted by atomic mass is 32.2. The minimum Gasteiger partial charge on any atom is -0.491 e. The molecule has 0 fully saturated rings. The maximum atomic E-state index is 12.1. The molecule has 7 heteroatoms. The molecule has 0 bridgehead atoms. The number of hydrogen-bond donors (Lipinski definition) is 1. The number of carbonyl (C=O) groups excluding carboxylic acids is 1. The third kappa shape index (κ3) is 5.77. The average molecular weight is 376 g/mol. The van der Waals surface area contributed by atoms with E-state index in [0.717, 1.165) is 27.4 Å². The third-order valence-electron chi connectivity index (χ3n) is 3.74. The third-order valence-corrected chi connectivity index (χ3v) is 4.88. The smallest absolute Gasteiger partial charge is 0.240 e. The monoisotopic (exact) mass is 376 g/mol. The summed E-state index contributed by atoms with van der Waals surface area (Å²) in [5, 5.41) is 2.69. The molecule has 0 radical (unpaired) electrons. The molecule has 0 saturated heterocycles. The van der Waals surface area contributed by atoms with Crippen LogP contribution in [0.15, 0.2) is 48.5 Å². The topological polar surface area (TPSA) is 75.7 Å². The molecular formula is C19H24N2O4S. The van der Waals surface area contributed by atoms with Crippen molar-refractivity contribution in [3.63, 3.8) is 0 Å². The number of sulfonamides is 1. The van der Waals surface area contributed by atoms with Crippen LogP contribution in [-0.4, -0.2) is 40.3 Å². The Kier molecular flexibility index (Phi) is 6.63. The van der Waals surface area contributed by atoms with Gasteiger partial charge in [0.2, 0.25) is 15.9 Å². The van der Waals surface area contributed by atoms with Crippen molar-refractivity contribution in [1.29, 1.82) is 0 Å². The lowest BCUT2D eigenvalue weighted by atomic mass is 10.1. The molecule has 0 atom stereocenters. The van der Waals surface area contributed by atoms with Gasteiger partial charge in [0.1, 0.15) is 18.9 Å². The first-order valence-corrected chi connectivity index (χ1v) is 10.1. The number of rotatable bonds is 8. The molecule has 0 aromatic heterocycles.